The molecule has 0 aliphatic heterocycles. The molecule has 2 nitrogen and oxygen atoms in total. The predicted octanol–water partition coefficient (Wildman–Crippen LogP) is 3.52. The average molecular weight is 254 g/mol. The van der Waals surface area contributed by atoms with Crippen molar-refractivity contribution in [1.82, 2.24) is 10.2 Å². The van der Waals surface area contributed by atoms with Gasteiger partial charge in [0.05, 0.1) is 0 Å². The highest BCUT2D eigenvalue weighted by Gasteiger charge is 2.27. The number of hydrogen-bond acceptors (Lipinski definition) is 2. The topological polar surface area (TPSA) is 15.3 Å². The summed E-state index contributed by atoms with van der Waals surface area (Å²) in [6, 6.07) is 1.46. The Balaban J connectivity index is 2.24. The van der Waals surface area contributed by atoms with Gasteiger partial charge in [0.2, 0.25) is 0 Å². The van der Waals surface area contributed by atoms with Crippen molar-refractivity contribution in [3.63, 3.8) is 0 Å². The summed E-state index contributed by atoms with van der Waals surface area (Å²) < 4.78 is 0. The summed E-state index contributed by atoms with van der Waals surface area (Å²) in [5.41, 5.74) is 0. The largest absolute Gasteiger partial charge is 0.315 e. The van der Waals surface area contributed by atoms with Crippen molar-refractivity contribution in [1.29, 1.82) is 0 Å². The molecular formula is C16H34N2. The molecule has 2 heteroatoms. The third-order valence-electron chi connectivity index (χ3n) is 4.62. The van der Waals surface area contributed by atoms with Gasteiger partial charge in [-0.15, -0.1) is 0 Å². The Labute approximate surface area is 115 Å². The summed E-state index contributed by atoms with van der Waals surface area (Å²) in [6.45, 7) is 11.7. The second-order valence-electron chi connectivity index (χ2n) is 6.73. The van der Waals surface area contributed by atoms with Crippen molar-refractivity contribution in [2.24, 2.45) is 11.8 Å². The Morgan fingerprint density at radius 3 is 2.44 bits per heavy atom. The van der Waals surface area contributed by atoms with Gasteiger partial charge >= 0.3 is 0 Å². The fraction of sp³-hybridized carbons (Fsp3) is 1.00. The summed E-state index contributed by atoms with van der Waals surface area (Å²) >= 11 is 0. The van der Waals surface area contributed by atoms with Crippen molar-refractivity contribution in [2.75, 3.05) is 20.1 Å². The smallest absolute Gasteiger partial charge is 0.0192 e. The Hall–Kier alpha value is -0.0800. The SMILES string of the molecule is CC(C)CCNCC(C)N(C)C1CCCCC1C. The zero-order valence-corrected chi connectivity index (χ0v) is 13.2. The van der Waals surface area contributed by atoms with Crippen LogP contribution in [0.15, 0.2) is 0 Å². The average Bonchev–Trinajstić information content (AvgIpc) is 2.34. The minimum Gasteiger partial charge on any atom is -0.315 e. The van der Waals surface area contributed by atoms with E-state index in [0.29, 0.717) is 6.04 Å². The van der Waals surface area contributed by atoms with Crippen LogP contribution in [-0.2, 0) is 0 Å². The Morgan fingerprint density at radius 2 is 1.83 bits per heavy atom. The first-order valence-corrected chi connectivity index (χ1v) is 7.95. The Morgan fingerprint density at radius 1 is 1.17 bits per heavy atom. The van der Waals surface area contributed by atoms with E-state index in [1.165, 1.54) is 32.1 Å². The van der Waals surface area contributed by atoms with Crippen LogP contribution < -0.4 is 5.32 Å². The molecule has 0 radical (unpaired) electrons. The first kappa shape index (κ1) is 16.0. The van der Waals surface area contributed by atoms with Crippen LogP contribution in [0.5, 0.6) is 0 Å². The van der Waals surface area contributed by atoms with Crippen LogP contribution in [0.4, 0.5) is 0 Å². The molecule has 1 aliphatic carbocycles. The second-order valence-corrected chi connectivity index (χ2v) is 6.73. The first-order chi connectivity index (χ1) is 8.52. The molecule has 0 saturated heterocycles. The maximum absolute atomic E-state index is 3.61. The minimum atomic E-state index is 0.655. The summed E-state index contributed by atoms with van der Waals surface area (Å²) in [4.78, 5) is 2.62. The molecule has 0 amide bonds. The second kappa shape index (κ2) is 8.16. The predicted molar refractivity (Wildman–Crippen MR) is 81.0 cm³/mol. The number of nitrogens with one attached hydrogen (secondary N) is 1. The van der Waals surface area contributed by atoms with Crippen molar-refractivity contribution in [3.05, 3.63) is 0 Å². The van der Waals surface area contributed by atoms with Crippen molar-refractivity contribution < 1.29 is 0 Å². The van der Waals surface area contributed by atoms with Crippen LogP contribution in [0.3, 0.4) is 0 Å². The van der Waals surface area contributed by atoms with Gasteiger partial charge < -0.3 is 5.32 Å². The summed E-state index contributed by atoms with van der Waals surface area (Å²) in [5, 5.41) is 3.61. The van der Waals surface area contributed by atoms with Crippen molar-refractivity contribution >= 4 is 0 Å². The summed E-state index contributed by atoms with van der Waals surface area (Å²) in [5.74, 6) is 1.69. The molecule has 3 unspecified atom stereocenters. The van der Waals surface area contributed by atoms with Crippen molar-refractivity contribution in [3.8, 4) is 0 Å². The number of hydrogen-bond donors (Lipinski definition) is 1. The lowest BCUT2D eigenvalue weighted by Gasteiger charge is -2.39. The van der Waals surface area contributed by atoms with Crippen molar-refractivity contribution in [2.45, 2.75) is 71.9 Å². The van der Waals surface area contributed by atoms with Gasteiger partial charge in [0, 0.05) is 18.6 Å². The van der Waals surface area contributed by atoms with E-state index in [-0.39, 0.29) is 0 Å². The lowest BCUT2D eigenvalue weighted by Crippen LogP contribution is -2.47. The molecule has 0 spiro atoms. The standard InChI is InChI=1S/C16H34N2/c1-13(2)10-11-17-12-15(4)18(5)16-9-7-6-8-14(16)3/h13-17H,6-12H2,1-5H3. The molecule has 18 heavy (non-hydrogen) atoms. The molecule has 1 aliphatic rings. The lowest BCUT2D eigenvalue weighted by molar-refractivity contribution is 0.103. The van der Waals surface area contributed by atoms with E-state index in [1.54, 1.807) is 0 Å². The molecule has 1 saturated carbocycles. The molecule has 108 valence electrons. The molecule has 1 rings (SSSR count). The third kappa shape index (κ3) is 5.27. The van der Waals surface area contributed by atoms with E-state index >= 15 is 0 Å². The van der Waals surface area contributed by atoms with Crippen LogP contribution in [-0.4, -0.2) is 37.1 Å². The minimum absolute atomic E-state index is 0.655. The lowest BCUT2D eigenvalue weighted by atomic mass is 9.84. The van der Waals surface area contributed by atoms with Crippen LogP contribution >= 0.6 is 0 Å². The van der Waals surface area contributed by atoms with Gasteiger partial charge in [-0.25, -0.2) is 0 Å². The van der Waals surface area contributed by atoms with Crippen LogP contribution in [0.2, 0.25) is 0 Å². The zero-order chi connectivity index (χ0) is 13.5. The molecule has 0 bridgehead atoms. The molecule has 0 aromatic rings. The fourth-order valence-corrected chi connectivity index (χ4v) is 3.07. The summed E-state index contributed by atoms with van der Waals surface area (Å²) in [6.07, 6.45) is 6.96. The highest BCUT2D eigenvalue weighted by atomic mass is 15.2. The third-order valence-corrected chi connectivity index (χ3v) is 4.62. The monoisotopic (exact) mass is 254 g/mol. The van der Waals surface area contributed by atoms with E-state index in [0.717, 1.165) is 31.0 Å². The van der Waals surface area contributed by atoms with Crippen LogP contribution in [0.1, 0.15) is 59.8 Å². The van der Waals surface area contributed by atoms with E-state index in [1.807, 2.05) is 0 Å². The maximum atomic E-state index is 3.61. The molecule has 1 N–H and O–H groups in total. The van der Waals surface area contributed by atoms with Gasteiger partial charge in [0.25, 0.3) is 0 Å². The van der Waals surface area contributed by atoms with Gasteiger partial charge in [0.15, 0.2) is 0 Å². The molecular weight excluding hydrogens is 220 g/mol. The van der Waals surface area contributed by atoms with Gasteiger partial charge in [-0.3, -0.25) is 4.90 Å². The molecule has 0 aromatic carbocycles. The first-order valence-electron chi connectivity index (χ1n) is 7.95. The number of nitrogens with zero attached hydrogens (tertiary/aromatic N) is 1. The van der Waals surface area contributed by atoms with Gasteiger partial charge in [-0.05, 0) is 51.6 Å². The quantitative estimate of drug-likeness (QED) is 0.699. The van der Waals surface area contributed by atoms with E-state index in [4.69, 9.17) is 0 Å². The number of likely N-dealkylation sites (N-methyl/N-ethyl adjacent to an activating group) is 1. The normalized spacial score (nSPS) is 26.8. The van der Waals surface area contributed by atoms with Crippen LogP contribution in [0.25, 0.3) is 0 Å². The van der Waals surface area contributed by atoms with E-state index < -0.39 is 0 Å². The highest BCUT2D eigenvalue weighted by Crippen LogP contribution is 2.28. The fourth-order valence-electron chi connectivity index (χ4n) is 3.07. The highest BCUT2D eigenvalue weighted by molar-refractivity contribution is 4.82. The zero-order valence-electron chi connectivity index (χ0n) is 13.2. The molecule has 0 heterocycles. The summed E-state index contributed by atoms with van der Waals surface area (Å²) in [7, 11) is 2.32. The van der Waals surface area contributed by atoms with Gasteiger partial charge in [-0.1, -0.05) is 33.6 Å². The Bertz CT molecular complexity index is 215. The van der Waals surface area contributed by atoms with Crippen LogP contribution in [0, 0.1) is 11.8 Å². The Kier molecular flexibility index (Phi) is 7.25. The van der Waals surface area contributed by atoms with Gasteiger partial charge in [-0.2, -0.15) is 0 Å². The van der Waals surface area contributed by atoms with Gasteiger partial charge in [0.1, 0.15) is 0 Å². The molecule has 3 atom stereocenters. The molecule has 1 fully saturated rings. The van der Waals surface area contributed by atoms with E-state index in [9.17, 15) is 0 Å². The number of rotatable bonds is 7. The molecule has 0 aromatic heterocycles. The van der Waals surface area contributed by atoms with E-state index in [2.05, 4.69) is 45.0 Å². The maximum Gasteiger partial charge on any atom is 0.0192 e.